The molecule has 9 aromatic rings. The van der Waals surface area contributed by atoms with Gasteiger partial charge in [-0.05, 0) is 117 Å². The quantitative estimate of drug-likeness (QED) is 0.169. The second kappa shape index (κ2) is 12.9. The summed E-state index contributed by atoms with van der Waals surface area (Å²) in [5.74, 6) is 1.64. The van der Waals surface area contributed by atoms with Crippen molar-refractivity contribution in [2.75, 3.05) is 4.90 Å². The molecular weight excluding hydrogens is 635 g/mol. The number of aromatic nitrogens is 4. The van der Waals surface area contributed by atoms with E-state index >= 15 is 0 Å². The molecule has 0 N–H and O–H groups in total. The minimum atomic E-state index is 0.800. The first-order valence-electron chi connectivity index (χ1n) is 17.7. The van der Waals surface area contributed by atoms with E-state index in [1.54, 1.807) is 0 Å². The van der Waals surface area contributed by atoms with Crippen LogP contribution in [0.25, 0.3) is 56.0 Å². The summed E-state index contributed by atoms with van der Waals surface area (Å²) in [5, 5.41) is 12.1. The molecule has 5 nitrogen and oxygen atoms in total. The van der Waals surface area contributed by atoms with Gasteiger partial charge in [0.15, 0.2) is 11.6 Å². The van der Waals surface area contributed by atoms with Gasteiger partial charge in [-0.15, -0.1) is 10.2 Å². The second-order valence-corrected chi connectivity index (χ2v) is 13.4. The number of benzene rings is 7. The predicted molar refractivity (Wildman–Crippen MR) is 215 cm³/mol. The zero-order valence-corrected chi connectivity index (χ0v) is 29.4. The lowest BCUT2D eigenvalue weighted by Crippen LogP contribution is -2.10. The number of hydrogen-bond donors (Lipinski definition) is 0. The van der Waals surface area contributed by atoms with Gasteiger partial charge < -0.3 is 9.47 Å². The highest BCUT2D eigenvalue weighted by Gasteiger charge is 2.21. The number of anilines is 3. The van der Waals surface area contributed by atoms with Gasteiger partial charge in [0.05, 0.1) is 11.0 Å². The van der Waals surface area contributed by atoms with Crippen molar-refractivity contribution in [1.82, 2.24) is 19.3 Å². The Morgan fingerprint density at radius 1 is 0.423 bits per heavy atom. The minimum absolute atomic E-state index is 0.800. The van der Waals surface area contributed by atoms with Gasteiger partial charge in [-0.25, -0.2) is 0 Å². The summed E-state index contributed by atoms with van der Waals surface area (Å²) in [7, 11) is 0. The van der Waals surface area contributed by atoms with E-state index < -0.39 is 0 Å². The summed E-state index contributed by atoms with van der Waals surface area (Å²) in [6.07, 6.45) is 0. The first kappa shape index (κ1) is 31.3. The van der Waals surface area contributed by atoms with Crippen molar-refractivity contribution in [3.05, 3.63) is 187 Å². The highest BCUT2D eigenvalue weighted by Crippen LogP contribution is 2.38. The highest BCUT2D eigenvalue weighted by atomic mass is 15.3. The third-order valence-corrected chi connectivity index (χ3v) is 9.92. The van der Waals surface area contributed by atoms with Crippen LogP contribution in [-0.4, -0.2) is 19.3 Å². The molecule has 9 rings (SSSR count). The van der Waals surface area contributed by atoms with Crippen LogP contribution >= 0.6 is 0 Å². The molecule has 0 fully saturated rings. The van der Waals surface area contributed by atoms with Crippen molar-refractivity contribution in [2.45, 2.75) is 20.8 Å². The van der Waals surface area contributed by atoms with Gasteiger partial charge in [0.2, 0.25) is 0 Å². The molecule has 0 spiro atoms. The van der Waals surface area contributed by atoms with Gasteiger partial charge in [-0.2, -0.15) is 0 Å². The number of aryl methyl sites for hydroxylation is 3. The Morgan fingerprint density at radius 2 is 0.885 bits per heavy atom. The van der Waals surface area contributed by atoms with Crippen molar-refractivity contribution >= 4 is 38.9 Å². The Bertz CT molecular complexity index is 2610. The van der Waals surface area contributed by atoms with E-state index in [4.69, 9.17) is 10.2 Å². The normalized spacial score (nSPS) is 11.4. The van der Waals surface area contributed by atoms with Crippen LogP contribution in [0.1, 0.15) is 16.7 Å². The molecule has 0 aliphatic rings. The molecule has 5 heteroatoms. The van der Waals surface area contributed by atoms with Crippen LogP contribution in [0.3, 0.4) is 0 Å². The van der Waals surface area contributed by atoms with E-state index in [0.717, 1.165) is 51.2 Å². The molecule has 250 valence electrons. The summed E-state index contributed by atoms with van der Waals surface area (Å²) in [6, 6.07) is 60.1. The van der Waals surface area contributed by atoms with E-state index in [0.29, 0.717) is 0 Å². The third kappa shape index (κ3) is 5.35. The average Bonchev–Trinajstić information content (AvgIpc) is 3.76. The van der Waals surface area contributed by atoms with Crippen LogP contribution in [0.4, 0.5) is 17.1 Å². The summed E-state index contributed by atoms with van der Waals surface area (Å²) in [4.78, 5) is 2.30. The van der Waals surface area contributed by atoms with Gasteiger partial charge in [0.25, 0.3) is 0 Å². The van der Waals surface area contributed by atoms with Crippen LogP contribution in [-0.2, 0) is 0 Å². The van der Waals surface area contributed by atoms with Crippen LogP contribution < -0.4 is 4.90 Å². The van der Waals surface area contributed by atoms with Gasteiger partial charge in [0, 0.05) is 50.3 Å². The largest absolute Gasteiger partial charge is 0.311 e. The molecule has 0 atom stereocenters. The fourth-order valence-electron chi connectivity index (χ4n) is 7.72. The molecule has 52 heavy (non-hydrogen) atoms. The number of hydrogen-bond acceptors (Lipinski definition) is 3. The van der Waals surface area contributed by atoms with Gasteiger partial charge in [-0.3, -0.25) is 4.57 Å². The van der Waals surface area contributed by atoms with E-state index in [2.05, 4.69) is 199 Å². The van der Waals surface area contributed by atoms with Crippen LogP contribution in [0.2, 0.25) is 0 Å². The molecule has 0 aliphatic carbocycles. The molecule has 0 aliphatic heterocycles. The van der Waals surface area contributed by atoms with Crippen molar-refractivity contribution in [3.63, 3.8) is 0 Å². The summed E-state index contributed by atoms with van der Waals surface area (Å²) in [5.41, 5.74) is 13.5. The predicted octanol–water partition coefficient (Wildman–Crippen LogP) is 12.1. The Hall–Kier alpha value is -6.72. The van der Waals surface area contributed by atoms with Crippen LogP contribution in [0.15, 0.2) is 170 Å². The highest BCUT2D eigenvalue weighted by molar-refractivity contribution is 6.09. The zero-order chi connectivity index (χ0) is 35.2. The molecule has 2 heterocycles. The SMILES string of the molecule is Cc1cc(C)c(-c2nnc(-c3ccc(N(c4ccccc4)c4ccc(-n5c6ccccc6c6ccccc65)cc4)cc3)n2-c2ccccc2)c(C)c1. The summed E-state index contributed by atoms with van der Waals surface area (Å²) < 4.78 is 4.54. The van der Waals surface area contributed by atoms with Crippen molar-refractivity contribution in [2.24, 2.45) is 0 Å². The maximum absolute atomic E-state index is 4.81. The molecule has 0 saturated carbocycles. The molecule has 0 amide bonds. The number of nitrogens with zero attached hydrogens (tertiary/aromatic N) is 5. The van der Waals surface area contributed by atoms with Crippen molar-refractivity contribution < 1.29 is 0 Å². The van der Waals surface area contributed by atoms with Crippen molar-refractivity contribution in [1.29, 1.82) is 0 Å². The summed E-state index contributed by atoms with van der Waals surface area (Å²) in [6.45, 7) is 6.44. The zero-order valence-electron chi connectivity index (χ0n) is 29.4. The van der Waals surface area contributed by atoms with Crippen LogP contribution in [0.5, 0.6) is 0 Å². The van der Waals surface area contributed by atoms with E-state index in [1.807, 2.05) is 6.07 Å². The van der Waals surface area contributed by atoms with E-state index in [-0.39, 0.29) is 0 Å². The molecule has 7 aromatic carbocycles. The maximum Gasteiger partial charge on any atom is 0.169 e. The molecule has 0 radical (unpaired) electrons. The lowest BCUT2D eigenvalue weighted by Gasteiger charge is -2.26. The third-order valence-electron chi connectivity index (χ3n) is 9.92. The Kier molecular flexibility index (Phi) is 7.74. The molecular formula is C47H37N5. The van der Waals surface area contributed by atoms with Crippen molar-refractivity contribution in [3.8, 4) is 34.2 Å². The smallest absolute Gasteiger partial charge is 0.169 e. The summed E-state index contributed by atoms with van der Waals surface area (Å²) >= 11 is 0. The number of para-hydroxylation sites is 4. The first-order valence-corrected chi connectivity index (χ1v) is 17.7. The van der Waals surface area contributed by atoms with Gasteiger partial charge in [-0.1, -0.05) is 90.5 Å². The number of fused-ring (bicyclic) bond motifs is 3. The second-order valence-electron chi connectivity index (χ2n) is 13.4. The monoisotopic (exact) mass is 671 g/mol. The lowest BCUT2D eigenvalue weighted by atomic mass is 9.99. The number of rotatable bonds is 7. The standard InChI is InChI=1S/C47H37N5/c1-32-30-33(2)45(34(3)31-32)47-49-48-46(52(47)37-16-8-5-9-17-37)35-22-24-38(25-23-35)50(36-14-6-4-7-15-36)39-26-28-40(29-27-39)51-43-20-12-10-18-41(43)42-19-11-13-21-44(42)51/h4-31H,1-3H3. The fraction of sp³-hybridized carbons (Fsp3) is 0.0638. The van der Waals surface area contributed by atoms with Gasteiger partial charge in [0.1, 0.15) is 0 Å². The Morgan fingerprint density at radius 3 is 1.48 bits per heavy atom. The maximum atomic E-state index is 4.81. The Balaban J connectivity index is 1.13. The Labute approximate surface area is 303 Å². The van der Waals surface area contributed by atoms with Crippen LogP contribution in [0, 0.1) is 20.8 Å². The van der Waals surface area contributed by atoms with E-state index in [1.165, 1.54) is 38.5 Å². The van der Waals surface area contributed by atoms with Gasteiger partial charge >= 0.3 is 0 Å². The lowest BCUT2D eigenvalue weighted by molar-refractivity contribution is 1.06. The van der Waals surface area contributed by atoms with E-state index in [9.17, 15) is 0 Å². The topological polar surface area (TPSA) is 38.9 Å². The average molecular weight is 672 g/mol. The molecule has 0 saturated heterocycles. The first-order chi connectivity index (χ1) is 25.5. The molecule has 2 aromatic heterocycles. The molecule has 0 bridgehead atoms. The fourth-order valence-corrected chi connectivity index (χ4v) is 7.72. The minimum Gasteiger partial charge on any atom is -0.311 e. The molecule has 0 unspecified atom stereocenters.